The van der Waals surface area contributed by atoms with Gasteiger partial charge in [-0.2, -0.15) is 5.26 Å². The molecule has 2 heterocycles. The smallest absolute Gasteiger partial charge is 0.253 e. The number of rotatable bonds is 4. The quantitative estimate of drug-likeness (QED) is 0.695. The number of carbonyl (C=O) groups excluding carboxylic acids is 1. The lowest BCUT2D eigenvalue weighted by molar-refractivity contribution is 0.0602. The number of imidazole rings is 1. The summed E-state index contributed by atoms with van der Waals surface area (Å²) in [6.45, 7) is 6.91. The number of aryl methyl sites for hydroxylation is 2. The Morgan fingerprint density at radius 2 is 1.93 bits per heavy atom. The van der Waals surface area contributed by atoms with Crippen LogP contribution in [0.4, 0.5) is 0 Å². The molecule has 6 nitrogen and oxygen atoms in total. The molecule has 0 radical (unpaired) electrons. The van der Waals surface area contributed by atoms with Crippen molar-refractivity contribution in [3.63, 3.8) is 0 Å². The van der Waals surface area contributed by atoms with Gasteiger partial charge in [0, 0.05) is 35.8 Å². The highest BCUT2D eigenvalue weighted by atomic mass is 16.3. The van der Waals surface area contributed by atoms with E-state index in [2.05, 4.69) is 16.0 Å². The molecule has 4 rings (SSSR count). The average Bonchev–Trinajstić information content (AvgIpc) is 3.09. The van der Waals surface area contributed by atoms with E-state index in [1.807, 2.05) is 61.2 Å². The Morgan fingerprint density at radius 3 is 2.53 bits per heavy atom. The molecule has 0 aliphatic carbocycles. The van der Waals surface area contributed by atoms with Gasteiger partial charge in [0.25, 0.3) is 5.91 Å². The van der Waals surface area contributed by atoms with E-state index in [0.717, 1.165) is 28.1 Å². The van der Waals surface area contributed by atoms with Crippen LogP contribution >= 0.6 is 0 Å². The summed E-state index contributed by atoms with van der Waals surface area (Å²) >= 11 is 0. The minimum Gasteiger partial charge on any atom is -0.385 e. The van der Waals surface area contributed by atoms with E-state index < -0.39 is 6.10 Å². The van der Waals surface area contributed by atoms with E-state index in [4.69, 9.17) is 5.26 Å². The average molecular weight is 400 g/mol. The van der Waals surface area contributed by atoms with Gasteiger partial charge in [-0.05, 0) is 56.2 Å². The Balaban J connectivity index is 1.52. The maximum atomic E-state index is 13.0. The summed E-state index contributed by atoms with van der Waals surface area (Å²) in [5.41, 5.74) is 5.98. The molecule has 0 spiro atoms. The molecule has 3 aromatic rings. The highest BCUT2D eigenvalue weighted by Crippen LogP contribution is 2.31. The van der Waals surface area contributed by atoms with Crippen molar-refractivity contribution >= 4 is 5.91 Å². The first kappa shape index (κ1) is 19.9. The Hall–Kier alpha value is -3.43. The van der Waals surface area contributed by atoms with Crippen molar-refractivity contribution in [2.45, 2.75) is 32.8 Å². The van der Waals surface area contributed by atoms with Crippen molar-refractivity contribution < 1.29 is 9.90 Å². The first-order valence-corrected chi connectivity index (χ1v) is 10.0. The monoisotopic (exact) mass is 400 g/mol. The van der Waals surface area contributed by atoms with Crippen molar-refractivity contribution in [3.8, 4) is 17.3 Å². The van der Waals surface area contributed by atoms with Gasteiger partial charge in [-0.3, -0.25) is 4.79 Å². The second kappa shape index (κ2) is 7.77. The number of aliphatic hydroxyl groups excluding tert-OH is 1. The third-order valence-corrected chi connectivity index (χ3v) is 5.72. The summed E-state index contributed by atoms with van der Waals surface area (Å²) < 4.78 is 0. The molecule has 2 N–H and O–H groups in total. The van der Waals surface area contributed by atoms with E-state index in [1.54, 1.807) is 6.92 Å². The van der Waals surface area contributed by atoms with Crippen LogP contribution in [0.5, 0.6) is 0 Å². The number of amides is 1. The van der Waals surface area contributed by atoms with Crippen molar-refractivity contribution in [2.75, 3.05) is 13.1 Å². The minimum absolute atomic E-state index is 0.00471. The van der Waals surface area contributed by atoms with Gasteiger partial charge < -0.3 is 15.0 Å². The fraction of sp³-hybridized carbons (Fsp3) is 0.292. The van der Waals surface area contributed by atoms with Crippen LogP contribution in [0.2, 0.25) is 0 Å². The second-order valence-electron chi connectivity index (χ2n) is 7.94. The highest BCUT2D eigenvalue weighted by Gasteiger charge is 2.32. The van der Waals surface area contributed by atoms with E-state index in [1.165, 1.54) is 0 Å². The van der Waals surface area contributed by atoms with E-state index in [-0.39, 0.29) is 5.91 Å². The second-order valence-corrected chi connectivity index (χ2v) is 7.94. The topological polar surface area (TPSA) is 93.0 Å². The SMILES string of the molecule is Cc1ccc(C(=O)N2CC(c3ccc(C#N)cc3)C2)cc1-c1nc(C(C)O)[nH]c1C. The molecule has 1 aliphatic heterocycles. The number of benzene rings is 2. The number of hydrogen-bond acceptors (Lipinski definition) is 4. The number of carbonyl (C=O) groups is 1. The standard InChI is InChI=1S/C24H24N4O2/c1-14-4-7-19(10-21(14)22-15(2)26-23(27-22)16(3)29)24(30)28-12-20(13-28)18-8-5-17(11-25)6-9-18/h4-10,16,20,29H,12-13H2,1-3H3,(H,26,27). The number of hydrogen-bond donors (Lipinski definition) is 2. The first-order chi connectivity index (χ1) is 14.4. The number of likely N-dealkylation sites (tertiary alicyclic amines) is 1. The van der Waals surface area contributed by atoms with Crippen molar-refractivity contribution in [1.29, 1.82) is 5.26 Å². The Labute approximate surface area is 175 Å². The van der Waals surface area contributed by atoms with Gasteiger partial charge in [-0.1, -0.05) is 18.2 Å². The summed E-state index contributed by atoms with van der Waals surface area (Å²) in [5.74, 6) is 0.825. The van der Waals surface area contributed by atoms with Crippen LogP contribution in [-0.4, -0.2) is 39.0 Å². The van der Waals surface area contributed by atoms with E-state index >= 15 is 0 Å². The molecule has 1 unspecified atom stereocenters. The Bertz CT molecular complexity index is 1130. The fourth-order valence-corrected chi connectivity index (χ4v) is 3.82. The molecule has 1 aromatic heterocycles. The summed E-state index contributed by atoms with van der Waals surface area (Å²) in [4.78, 5) is 22.5. The lowest BCUT2D eigenvalue weighted by atomic mass is 9.90. The molecule has 152 valence electrons. The lowest BCUT2D eigenvalue weighted by Gasteiger charge is -2.39. The summed E-state index contributed by atoms with van der Waals surface area (Å²) in [7, 11) is 0. The number of aliphatic hydroxyl groups is 1. The lowest BCUT2D eigenvalue weighted by Crippen LogP contribution is -2.48. The van der Waals surface area contributed by atoms with Gasteiger partial charge in [0.15, 0.2) is 0 Å². The molecule has 2 aromatic carbocycles. The summed E-state index contributed by atoms with van der Waals surface area (Å²) in [6.07, 6.45) is -0.678. The molecule has 30 heavy (non-hydrogen) atoms. The van der Waals surface area contributed by atoms with E-state index in [0.29, 0.717) is 36.0 Å². The van der Waals surface area contributed by atoms with Crippen LogP contribution in [0.3, 0.4) is 0 Å². The third-order valence-electron chi connectivity index (χ3n) is 5.72. The number of nitrogens with zero attached hydrogens (tertiary/aromatic N) is 3. The zero-order valence-corrected chi connectivity index (χ0v) is 17.3. The zero-order chi connectivity index (χ0) is 21.4. The predicted octanol–water partition coefficient (Wildman–Crippen LogP) is 3.86. The Morgan fingerprint density at radius 1 is 1.23 bits per heavy atom. The largest absolute Gasteiger partial charge is 0.385 e. The van der Waals surface area contributed by atoms with Crippen LogP contribution < -0.4 is 0 Å². The van der Waals surface area contributed by atoms with Gasteiger partial charge in [0.05, 0.1) is 17.3 Å². The predicted molar refractivity (Wildman–Crippen MR) is 114 cm³/mol. The van der Waals surface area contributed by atoms with Crippen LogP contribution in [0.15, 0.2) is 42.5 Å². The van der Waals surface area contributed by atoms with Gasteiger partial charge in [0.2, 0.25) is 0 Å². The number of aromatic amines is 1. The normalized spacial score (nSPS) is 14.8. The number of nitrogens with one attached hydrogen (secondary N) is 1. The summed E-state index contributed by atoms with van der Waals surface area (Å²) in [5, 5.41) is 18.7. The number of aromatic nitrogens is 2. The van der Waals surface area contributed by atoms with Gasteiger partial charge in [-0.25, -0.2) is 4.98 Å². The maximum absolute atomic E-state index is 13.0. The Kier molecular flexibility index (Phi) is 5.15. The molecule has 1 atom stereocenters. The molecule has 1 aliphatic rings. The molecular formula is C24H24N4O2. The molecule has 0 bridgehead atoms. The maximum Gasteiger partial charge on any atom is 0.253 e. The van der Waals surface area contributed by atoms with Crippen molar-refractivity contribution in [1.82, 2.24) is 14.9 Å². The van der Waals surface area contributed by atoms with Crippen LogP contribution in [-0.2, 0) is 0 Å². The molecule has 1 fully saturated rings. The van der Waals surface area contributed by atoms with Gasteiger partial charge >= 0.3 is 0 Å². The van der Waals surface area contributed by atoms with Gasteiger partial charge in [-0.15, -0.1) is 0 Å². The zero-order valence-electron chi connectivity index (χ0n) is 17.3. The first-order valence-electron chi connectivity index (χ1n) is 10.0. The van der Waals surface area contributed by atoms with E-state index in [9.17, 15) is 9.90 Å². The van der Waals surface area contributed by atoms with Gasteiger partial charge in [0.1, 0.15) is 11.9 Å². The summed E-state index contributed by atoms with van der Waals surface area (Å²) in [6, 6.07) is 15.4. The minimum atomic E-state index is -0.678. The van der Waals surface area contributed by atoms with Crippen molar-refractivity contribution in [2.24, 2.45) is 0 Å². The van der Waals surface area contributed by atoms with Crippen molar-refractivity contribution in [3.05, 3.63) is 76.2 Å². The highest BCUT2D eigenvalue weighted by molar-refractivity contribution is 5.96. The number of nitriles is 1. The van der Waals surface area contributed by atoms with Crippen LogP contribution in [0, 0.1) is 25.2 Å². The molecule has 1 saturated heterocycles. The molecule has 0 saturated carbocycles. The molecular weight excluding hydrogens is 376 g/mol. The fourth-order valence-electron chi connectivity index (χ4n) is 3.82. The number of H-pyrrole nitrogens is 1. The van der Waals surface area contributed by atoms with Crippen LogP contribution in [0.25, 0.3) is 11.3 Å². The molecule has 1 amide bonds. The molecule has 6 heteroatoms. The van der Waals surface area contributed by atoms with Crippen LogP contribution in [0.1, 0.15) is 57.5 Å². The third kappa shape index (κ3) is 3.60.